The number of unbranched alkanes of at least 4 members (excludes halogenated alkanes) is 3. The van der Waals surface area contributed by atoms with Crippen LogP contribution in [0.1, 0.15) is 94.8 Å². The SMILES string of the molecule is C=Cc1cc(C(=O)Nc2ccc(C(=N)NC(=O)OCCCCCC)cc2)c(-c2ccc(C(=O)NCC3CC3)nc2C(=O)OC/C(OC=O)=C(\C)OC)cc1OC. The molecule has 0 saturated heterocycles. The zero-order valence-electron chi connectivity index (χ0n) is 32.0. The smallest absolute Gasteiger partial charge is 0.412 e. The minimum absolute atomic E-state index is 0.0598. The number of alkyl carbamates (subject to hydrolysis) is 1. The lowest BCUT2D eigenvalue weighted by atomic mass is 9.94. The number of methoxy groups -OCH3 is 2. The van der Waals surface area contributed by atoms with Gasteiger partial charge in [-0.15, -0.1) is 0 Å². The first-order chi connectivity index (χ1) is 27.0. The lowest BCUT2D eigenvalue weighted by Gasteiger charge is -2.17. The Balaban J connectivity index is 1.65. The van der Waals surface area contributed by atoms with E-state index in [0.29, 0.717) is 35.0 Å². The number of hydrogen-bond donors (Lipinski definition) is 4. The van der Waals surface area contributed by atoms with Crippen LogP contribution in [-0.2, 0) is 23.7 Å². The molecule has 56 heavy (non-hydrogen) atoms. The van der Waals surface area contributed by atoms with Crippen molar-refractivity contribution in [1.82, 2.24) is 15.6 Å². The monoisotopic (exact) mass is 769 g/mol. The number of hydrogen-bond acceptors (Lipinski definition) is 12. The number of rotatable bonds is 20. The summed E-state index contributed by atoms with van der Waals surface area (Å²) in [5, 5.41) is 16.3. The lowest BCUT2D eigenvalue weighted by Crippen LogP contribution is -2.31. The molecule has 1 fully saturated rings. The fourth-order valence-corrected chi connectivity index (χ4v) is 5.36. The first kappa shape index (κ1) is 42.2. The lowest BCUT2D eigenvalue weighted by molar-refractivity contribution is -0.126. The molecule has 1 aliphatic carbocycles. The fraction of sp³-hybridized carbons (Fsp3) is 0.341. The van der Waals surface area contributed by atoms with Gasteiger partial charge >= 0.3 is 12.1 Å². The van der Waals surface area contributed by atoms with E-state index < -0.39 is 30.5 Å². The van der Waals surface area contributed by atoms with Crippen LogP contribution >= 0.6 is 0 Å². The number of pyridine rings is 1. The Hall–Kier alpha value is -6.51. The Bertz CT molecular complexity index is 1970. The van der Waals surface area contributed by atoms with Gasteiger partial charge < -0.3 is 34.3 Å². The van der Waals surface area contributed by atoms with Gasteiger partial charge in [0.05, 0.1) is 20.8 Å². The Morgan fingerprint density at radius 3 is 2.36 bits per heavy atom. The molecule has 0 atom stereocenters. The van der Waals surface area contributed by atoms with Gasteiger partial charge in [0, 0.05) is 40.0 Å². The Labute approximate surface area is 325 Å². The molecular weight excluding hydrogens is 722 g/mol. The van der Waals surface area contributed by atoms with Crippen LogP contribution in [0.3, 0.4) is 0 Å². The minimum Gasteiger partial charge on any atom is -0.498 e. The van der Waals surface area contributed by atoms with E-state index in [0.717, 1.165) is 38.5 Å². The average Bonchev–Trinajstić information content (AvgIpc) is 4.05. The van der Waals surface area contributed by atoms with E-state index in [1.54, 1.807) is 30.3 Å². The number of anilines is 1. The first-order valence-corrected chi connectivity index (χ1v) is 18.1. The number of carbonyl (C=O) groups excluding carboxylic acids is 5. The molecule has 15 nitrogen and oxygen atoms in total. The number of nitrogens with zero attached hydrogens (tertiary/aromatic N) is 1. The van der Waals surface area contributed by atoms with Gasteiger partial charge in [0.2, 0.25) is 0 Å². The van der Waals surface area contributed by atoms with Gasteiger partial charge in [-0.2, -0.15) is 0 Å². The van der Waals surface area contributed by atoms with Crippen molar-refractivity contribution in [2.24, 2.45) is 5.92 Å². The van der Waals surface area contributed by atoms with Gasteiger partial charge in [-0.3, -0.25) is 25.1 Å². The summed E-state index contributed by atoms with van der Waals surface area (Å²) in [7, 11) is 2.79. The molecule has 3 amide bonds. The average molecular weight is 770 g/mol. The normalized spacial score (nSPS) is 12.3. The summed E-state index contributed by atoms with van der Waals surface area (Å²) in [6, 6.07) is 12.2. The van der Waals surface area contributed by atoms with Crippen LogP contribution < -0.4 is 20.7 Å². The summed E-state index contributed by atoms with van der Waals surface area (Å²) in [6.45, 7) is 7.82. The van der Waals surface area contributed by atoms with Crippen molar-refractivity contribution in [3.63, 3.8) is 0 Å². The summed E-state index contributed by atoms with van der Waals surface area (Å²) in [4.78, 5) is 68.6. The summed E-state index contributed by atoms with van der Waals surface area (Å²) in [5.74, 6) is -1.42. The molecule has 0 bridgehead atoms. The molecule has 1 saturated carbocycles. The summed E-state index contributed by atoms with van der Waals surface area (Å²) in [5.41, 5.74) is 1.26. The highest BCUT2D eigenvalue weighted by atomic mass is 16.6. The summed E-state index contributed by atoms with van der Waals surface area (Å²) in [6.07, 6.45) is 6.60. The number of ether oxygens (including phenoxy) is 5. The predicted molar refractivity (Wildman–Crippen MR) is 208 cm³/mol. The molecule has 1 aliphatic rings. The first-order valence-electron chi connectivity index (χ1n) is 18.1. The van der Waals surface area contributed by atoms with E-state index >= 15 is 0 Å². The number of benzene rings is 2. The third-order valence-corrected chi connectivity index (χ3v) is 8.81. The number of nitrogens with one attached hydrogen (secondary N) is 4. The number of amidine groups is 1. The van der Waals surface area contributed by atoms with E-state index in [4.69, 9.17) is 29.1 Å². The van der Waals surface area contributed by atoms with Crippen molar-refractivity contribution in [2.75, 3.05) is 39.3 Å². The zero-order chi connectivity index (χ0) is 40.6. The third-order valence-electron chi connectivity index (χ3n) is 8.81. The maximum atomic E-state index is 14.0. The van der Waals surface area contributed by atoms with Crippen molar-refractivity contribution in [3.05, 3.63) is 94.7 Å². The zero-order valence-corrected chi connectivity index (χ0v) is 32.0. The van der Waals surface area contributed by atoms with E-state index in [1.165, 1.54) is 45.4 Å². The largest absolute Gasteiger partial charge is 0.498 e. The van der Waals surface area contributed by atoms with E-state index in [2.05, 4.69) is 34.4 Å². The third kappa shape index (κ3) is 11.7. The summed E-state index contributed by atoms with van der Waals surface area (Å²) >= 11 is 0. The van der Waals surface area contributed by atoms with Gasteiger partial charge in [-0.05, 0) is 80.6 Å². The number of allylic oxidation sites excluding steroid dienone is 1. The fourth-order valence-electron chi connectivity index (χ4n) is 5.36. The standard InChI is InChI=1S/C41H47N5O10/c1-6-8-9-10-19-54-41(51)46-37(42)28-13-15-29(16-14-28)44-38(48)32-20-27(7-2)34(53-5)21-31(32)30-17-18-33(39(49)43-22-26-11-12-26)45-36(30)40(50)55-23-35(56-24-47)25(3)52-4/h7,13-18,20-21,24,26H,2,6,8-12,19,22-23H2,1,3-5H3,(H,43,49)(H,44,48)(H2,42,46,51)/b35-25-. The van der Waals surface area contributed by atoms with Gasteiger partial charge in [0.15, 0.2) is 18.1 Å². The van der Waals surface area contributed by atoms with Crippen LogP contribution in [0.5, 0.6) is 5.75 Å². The van der Waals surface area contributed by atoms with E-state index in [1.807, 2.05) is 0 Å². The molecule has 2 aromatic carbocycles. The highest BCUT2D eigenvalue weighted by Crippen LogP contribution is 2.35. The van der Waals surface area contributed by atoms with Crippen molar-refractivity contribution < 1.29 is 47.7 Å². The molecule has 15 heteroatoms. The molecule has 0 aliphatic heterocycles. The molecule has 0 radical (unpaired) electrons. The Morgan fingerprint density at radius 1 is 0.964 bits per heavy atom. The number of aromatic nitrogens is 1. The highest BCUT2D eigenvalue weighted by molar-refractivity contribution is 6.11. The van der Waals surface area contributed by atoms with Crippen molar-refractivity contribution >= 4 is 47.9 Å². The van der Waals surface area contributed by atoms with Gasteiger partial charge in [0.25, 0.3) is 18.3 Å². The molecule has 1 aromatic heterocycles. The maximum Gasteiger partial charge on any atom is 0.412 e. The second kappa shape index (κ2) is 20.8. The molecule has 0 spiro atoms. The van der Waals surface area contributed by atoms with Gasteiger partial charge in [0.1, 0.15) is 23.0 Å². The molecule has 0 unspecified atom stereocenters. The van der Waals surface area contributed by atoms with Gasteiger partial charge in [-0.25, -0.2) is 14.6 Å². The molecule has 4 N–H and O–H groups in total. The molecule has 1 heterocycles. The van der Waals surface area contributed by atoms with Gasteiger partial charge in [-0.1, -0.05) is 38.8 Å². The van der Waals surface area contributed by atoms with Crippen molar-refractivity contribution in [1.29, 1.82) is 5.41 Å². The van der Waals surface area contributed by atoms with E-state index in [9.17, 15) is 24.0 Å². The number of carbonyl (C=O) groups is 5. The van der Waals surface area contributed by atoms with E-state index in [-0.39, 0.29) is 58.5 Å². The molecular formula is C41H47N5O10. The van der Waals surface area contributed by atoms with Crippen molar-refractivity contribution in [2.45, 2.75) is 52.4 Å². The van der Waals surface area contributed by atoms with Crippen LogP contribution in [0.4, 0.5) is 10.5 Å². The van der Waals surface area contributed by atoms with Crippen molar-refractivity contribution in [3.8, 4) is 16.9 Å². The predicted octanol–water partition coefficient (Wildman–Crippen LogP) is 6.63. The highest BCUT2D eigenvalue weighted by Gasteiger charge is 2.27. The molecule has 296 valence electrons. The van der Waals surface area contributed by atoms with Crippen LogP contribution in [0, 0.1) is 11.3 Å². The Kier molecular flexibility index (Phi) is 15.7. The van der Waals surface area contributed by atoms with Crippen LogP contribution in [0.2, 0.25) is 0 Å². The topological polar surface area (TPSA) is 204 Å². The minimum atomic E-state index is -0.988. The molecule has 3 aromatic rings. The number of amides is 3. The Morgan fingerprint density at radius 2 is 1.71 bits per heavy atom. The van der Waals surface area contributed by atoms with Crippen LogP contribution in [0.15, 0.2) is 66.6 Å². The maximum absolute atomic E-state index is 14.0. The summed E-state index contributed by atoms with van der Waals surface area (Å²) < 4.78 is 26.3. The van der Waals surface area contributed by atoms with Crippen LogP contribution in [0.25, 0.3) is 17.2 Å². The second-order valence-electron chi connectivity index (χ2n) is 12.8. The van der Waals surface area contributed by atoms with Crippen LogP contribution in [-0.4, -0.2) is 75.1 Å². The quantitative estimate of drug-likeness (QED) is 0.0183. The second-order valence-corrected chi connectivity index (χ2v) is 12.8. The molecule has 4 rings (SSSR count). The number of esters is 1.